The molecule has 0 saturated carbocycles. The van der Waals surface area contributed by atoms with Gasteiger partial charge in [0.2, 0.25) is 5.91 Å². The lowest BCUT2D eigenvalue weighted by atomic mass is 10.0. The topological polar surface area (TPSA) is 41.6 Å². The van der Waals surface area contributed by atoms with Gasteiger partial charge in [-0.2, -0.15) is 0 Å². The lowest BCUT2D eigenvalue weighted by Gasteiger charge is -2.30. The van der Waals surface area contributed by atoms with Crippen LogP contribution in [0.1, 0.15) is 18.1 Å². The average molecular weight is 310 g/mol. The highest BCUT2D eigenvalue weighted by molar-refractivity contribution is 6.00. The maximum Gasteiger partial charge on any atom is 0.244 e. The molecule has 1 aliphatic carbocycles. The van der Waals surface area contributed by atoms with Crippen molar-refractivity contribution in [3.8, 4) is 0 Å². The van der Waals surface area contributed by atoms with E-state index in [1.165, 1.54) is 21.9 Å². The summed E-state index contributed by atoms with van der Waals surface area (Å²) in [5, 5.41) is 6.05. The zero-order chi connectivity index (χ0) is 15.8. The number of carbonyl (C=O) groups is 1. The van der Waals surface area contributed by atoms with Gasteiger partial charge in [0.15, 0.2) is 0 Å². The molecular formula is C19H22N2O2. The quantitative estimate of drug-likeness (QED) is 0.947. The number of hydrogen-bond acceptors (Lipinski definition) is 3. The van der Waals surface area contributed by atoms with E-state index in [2.05, 4.69) is 35.6 Å². The Bertz CT molecular complexity index is 740. The summed E-state index contributed by atoms with van der Waals surface area (Å²) in [7, 11) is 0. The summed E-state index contributed by atoms with van der Waals surface area (Å²) in [6.45, 7) is 4.60. The van der Waals surface area contributed by atoms with Crippen LogP contribution in [0.15, 0.2) is 30.3 Å². The van der Waals surface area contributed by atoms with Gasteiger partial charge in [0, 0.05) is 24.2 Å². The van der Waals surface area contributed by atoms with Gasteiger partial charge in [-0.15, -0.1) is 0 Å². The van der Waals surface area contributed by atoms with Crippen molar-refractivity contribution in [1.82, 2.24) is 4.90 Å². The number of carbonyl (C=O) groups excluding carboxylic acids is 1. The van der Waals surface area contributed by atoms with Crippen molar-refractivity contribution in [3.05, 3.63) is 41.5 Å². The predicted octanol–water partition coefficient (Wildman–Crippen LogP) is 2.60. The fourth-order valence-corrected chi connectivity index (χ4v) is 3.73. The number of nitrogens with zero attached hydrogens (tertiary/aromatic N) is 1. The molecule has 0 aromatic heterocycles. The van der Waals surface area contributed by atoms with Crippen molar-refractivity contribution in [3.63, 3.8) is 0 Å². The highest BCUT2D eigenvalue weighted by Crippen LogP contribution is 2.35. The molecule has 0 unspecified atom stereocenters. The van der Waals surface area contributed by atoms with E-state index in [0.29, 0.717) is 26.3 Å². The van der Waals surface area contributed by atoms with Gasteiger partial charge >= 0.3 is 0 Å². The van der Waals surface area contributed by atoms with Gasteiger partial charge in [-0.3, -0.25) is 4.79 Å². The maximum atomic E-state index is 12.6. The van der Waals surface area contributed by atoms with Gasteiger partial charge < -0.3 is 15.0 Å². The third-order valence-corrected chi connectivity index (χ3v) is 4.94. The lowest BCUT2D eigenvalue weighted by Crippen LogP contribution is -2.47. The number of aryl methyl sites for hydroxylation is 2. The third kappa shape index (κ3) is 2.57. The van der Waals surface area contributed by atoms with Crippen LogP contribution in [0.3, 0.4) is 0 Å². The van der Waals surface area contributed by atoms with Crippen molar-refractivity contribution in [2.75, 3.05) is 31.6 Å². The van der Waals surface area contributed by atoms with Gasteiger partial charge in [0.05, 0.1) is 13.2 Å². The molecule has 1 saturated heterocycles. The van der Waals surface area contributed by atoms with Crippen LogP contribution in [0, 0.1) is 0 Å². The van der Waals surface area contributed by atoms with Gasteiger partial charge in [-0.05, 0) is 42.3 Å². The maximum absolute atomic E-state index is 12.6. The Labute approximate surface area is 136 Å². The molecule has 1 aliphatic heterocycles. The van der Waals surface area contributed by atoms with Gasteiger partial charge in [-0.1, -0.05) is 24.3 Å². The number of hydrogen-bond donors (Lipinski definition) is 1. The predicted molar refractivity (Wildman–Crippen MR) is 91.8 cm³/mol. The minimum Gasteiger partial charge on any atom is -0.378 e. The number of rotatable bonds is 3. The summed E-state index contributed by atoms with van der Waals surface area (Å²) in [4.78, 5) is 14.5. The second kappa shape index (κ2) is 5.85. The molecule has 2 aromatic carbocycles. The van der Waals surface area contributed by atoms with Crippen LogP contribution in [0.2, 0.25) is 0 Å². The van der Waals surface area contributed by atoms with Crippen molar-refractivity contribution >= 4 is 22.4 Å². The van der Waals surface area contributed by atoms with E-state index in [1.54, 1.807) is 0 Å². The number of anilines is 1. The monoisotopic (exact) mass is 310 g/mol. The Kier molecular flexibility index (Phi) is 3.69. The fraction of sp³-hybridized carbons (Fsp3) is 0.421. The highest BCUT2D eigenvalue weighted by atomic mass is 16.5. The second-order valence-electron chi connectivity index (χ2n) is 6.42. The molecule has 1 heterocycles. The molecule has 0 spiro atoms. The molecule has 120 valence electrons. The number of benzene rings is 2. The Morgan fingerprint density at radius 1 is 1.13 bits per heavy atom. The van der Waals surface area contributed by atoms with E-state index in [9.17, 15) is 4.79 Å². The highest BCUT2D eigenvalue weighted by Gasteiger charge is 2.23. The van der Waals surface area contributed by atoms with Gasteiger partial charge in [0.1, 0.15) is 6.04 Å². The molecule has 1 amide bonds. The molecule has 2 aliphatic rings. The summed E-state index contributed by atoms with van der Waals surface area (Å²) in [6.07, 6.45) is 2.25. The summed E-state index contributed by atoms with van der Waals surface area (Å²) in [6, 6.07) is 10.6. The SMILES string of the molecule is C[C@@H](Nc1ccc2c3c(cccc13)CC2)C(=O)N1CCOCC1. The van der Waals surface area contributed by atoms with E-state index in [-0.39, 0.29) is 11.9 Å². The Balaban J connectivity index is 1.59. The largest absolute Gasteiger partial charge is 0.378 e. The summed E-state index contributed by atoms with van der Waals surface area (Å²) in [5.41, 5.74) is 3.91. The minimum absolute atomic E-state index is 0.150. The number of ether oxygens (including phenoxy) is 1. The molecule has 2 aromatic rings. The van der Waals surface area contributed by atoms with Crippen LogP contribution >= 0.6 is 0 Å². The zero-order valence-electron chi connectivity index (χ0n) is 13.5. The van der Waals surface area contributed by atoms with Crippen LogP contribution in [0.4, 0.5) is 5.69 Å². The van der Waals surface area contributed by atoms with Crippen molar-refractivity contribution < 1.29 is 9.53 Å². The Hall–Kier alpha value is -2.07. The first-order valence-electron chi connectivity index (χ1n) is 8.40. The van der Waals surface area contributed by atoms with E-state index in [0.717, 1.165) is 18.5 Å². The van der Waals surface area contributed by atoms with Gasteiger partial charge in [0.25, 0.3) is 0 Å². The van der Waals surface area contributed by atoms with Crippen molar-refractivity contribution in [1.29, 1.82) is 0 Å². The standard InChI is InChI=1S/C19H22N2O2/c1-13(19(22)21-9-11-23-12-10-21)20-17-8-7-15-6-5-14-3-2-4-16(17)18(14)15/h2-4,7-8,13,20H,5-6,9-12H2,1H3/t13-/m1/s1. The first-order valence-corrected chi connectivity index (χ1v) is 8.40. The van der Waals surface area contributed by atoms with Crippen molar-refractivity contribution in [2.24, 2.45) is 0 Å². The van der Waals surface area contributed by atoms with Crippen LogP contribution in [-0.2, 0) is 22.4 Å². The fourth-order valence-electron chi connectivity index (χ4n) is 3.73. The Morgan fingerprint density at radius 2 is 1.87 bits per heavy atom. The summed E-state index contributed by atoms with van der Waals surface area (Å²) in [5.74, 6) is 0.150. The molecule has 0 radical (unpaired) electrons. The molecule has 4 nitrogen and oxygen atoms in total. The Morgan fingerprint density at radius 3 is 2.65 bits per heavy atom. The molecule has 0 bridgehead atoms. The third-order valence-electron chi connectivity index (χ3n) is 4.94. The molecule has 1 N–H and O–H groups in total. The van der Waals surface area contributed by atoms with Crippen molar-refractivity contribution in [2.45, 2.75) is 25.8 Å². The van der Waals surface area contributed by atoms with E-state index >= 15 is 0 Å². The first-order chi connectivity index (χ1) is 11.2. The number of amides is 1. The molecular weight excluding hydrogens is 288 g/mol. The smallest absolute Gasteiger partial charge is 0.244 e. The first kappa shape index (κ1) is 14.5. The normalized spacial score (nSPS) is 18.2. The lowest BCUT2D eigenvalue weighted by molar-refractivity contribution is -0.135. The molecule has 23 heavy (non-hydrogen) atoms. The van der Waals surface area contributed by atoms with E-state index in [1.807, 2.05) is 11.8 Å². The van der Waals surface area contributed by atoms with Crippen LogP contribution in [-0.4, -0.2) is 43.2 Å². The second-order valence-corrected chi connectivity index (χ2v) is 6.42. The van der Waals surface area contributed by atoms with Crippen LogP contribution in [0.25, 0.3) is 10.8 Å². The molecule has 4 heteroatoms. The van der Waals surface area contributed by atoms with E-state index < -0.39 is 0 Å². The van der Waals surface area contributed by atoms with Crippen LogP contribution in [0.5, 0.6) is 0 Å². The molecule has 4 rings (SSSR count). The molecule has 1 atom stereocenters. The summed E-state index contributed by atoms with van der Waals surface area (Å²) >= 11 is 0. The zero-order valence-corrected chi connectivity index (χ0v) is 13.5. The summed E-state index contributed by atoms with van der Waals surface area (Å²) < 4.78 is 5.32. The number of nitrogens with one attached hydrogen (secondary N) is 1. The molecule has 1 fully saturated rings. The van der Waals surface area contributed by atoms with Crippen LogP contribution < -0.4 is 5.32 Å². The van der Waals surface area contributed by atoms with E-state index in [4.69, 9.17) is 4.74 Å². The average Bonchev–Trinajstić information content (AvgIpc) is 3.02. The number of morpholine rings is 1. The minimum atomic E-state index is -0.230. The van der Waals surface area contributed by atoms with Gasteiger partial charge in [-0.25, -0.2) is 0 Å².